The molecule has 29 heavy (non-hydrogen) atoms. The second-order valence-electron chi connectivity index (χ2n) is 7.84. The van der Waals surface area contributed by atoms with Gasteiger partial charge in [-0.25, -0.2) is 13.6 Å². The van der Waals surface area contributed by atoms with Gasteiger partial charge < -0.3 is 9.64 Å². The van der Waals surface area contributed by atoms with Crippen LogP contribution in [0.2, 0.25) is 0 Å². The summed E-state index contributed by atoms with van der Waals surface area (Å²) < 4.78 is 33.6. The zero-order chi connectivity index (χ0) is 21.2. The smallest absolute Gasteiger partial charge is 0.409 e. The molecule has 1 aliphatic rings. The highest BCUT2D eigenvalue weighted by Crippen LogP contribution is 2.43. The number of amides is 1. The molecule has 1 aromatic heterocycles. The van der Waals surface area contributed by atoms with Gasteiger partial charge in [0.2, 0.25) is 0 Å². The maximum Gasteiger partial charge on any atom is 0.409 e. The van der Waals surface area contributed by atoms with Crippen molar-refractivity contribution in [3.63, 3.8) is 0 Å². The maximum atomic E-state index is 14.2. The average molecular weight is 403 g/mol. The number of halogens is 2. The van der Waals surface area contributed by atoms with Crippen LogP contribution in [0.3, 0.4) is 0 Å². The Morgan fingerprint density at radius 2 is 1.97 bits per heavy atom. The number of carbonyl (C=O) groups excluding carboxylic acids is 1. The van der Waals surface area contributed by atoms with Crippen LogP contribution in [0.15, 0.2) is 24.3 Å². The summed E-state index contributed by atoms with van der Waals surface area (Å²) in [4.78, 5) is 13.9. The minimum atomic E-state index is -0.662. The minimum absolute atomic E-state index is 0.163. The standard InChI is InChI=1S/C22H27F2N3O2/c1-5-27(21(28)29-6-2)13-22(4)11-10-14(3)15-12-18(25-26-20(15)22)19-16(23)8-7-9-17(19)24/h7-9,12,14H,5-6,10-11,13H2,1-4H3/t14-,22+/m0/s1. The Hall–Kier alpha value is -2.57. The van der Waals surface area contributed by atoms with Gasteiger partial charge in [0.15, 0.2) is 0 Å². The van der Waals surface area contributed by atoms with E-state index in [1.807, 2.05) is 6.92 Å². The van der Waals surface area contributed by atoms with E-state index in [9.17, 15) is 13.6 Å². The first kappa shape index (κ1) is 21.1. The molecule has 2 atom stereocenters. The second kappa shape index (κ2) is 8.43. The van der Waals surface area contributed by atoms with Crippen LogP contribution in [-0.2, 0) is 10.2 Å². The molecular weight excluding hydrogens is 376 g/mol. The molecule has 0 saturated heterocycles. The van der Waals surface area contributed by atoms with E-state index in [0.717, 1.165) is 24.1 Å². The van der Waals surface area contributed by atoms with Gasteiger partial charge in [0.25, 0.3) is 0 Å². The second-order valence-corrected chi connectivity index (χ2v) is 7.84. The van der Waals surface area contributed by atoms with Crippen molar-refractivity contribution in [3.05, 3.63) is 47.2 Å². The number of nitrogens with zero attached hydrogens (tertiary/aromatic N) is 3. The summed E-state index contributed by atoms with van der Waals surface area (Å²) in [6.07, 6.45) is 1.36. The summed E-state index contributed by atoms with van der Waals surface area (Å²) in [5.41, 5.74) is 1.31. The van der Waals surface area contributed by atoms with Crippen LogP contribution in [0.5, 0.6) is 0 Å². The van der Waals surface area contributed by atoms with Gasteiger partial charge in [0, 0.05) is 18.5 Å². The molecule has 3 rings (SSSR count). The lowest BCUT2D eigenvalue weighted by Gasteiger charge is -2.40. The molecule has 0 N–H and O–H groups in total. The molecular formula is C22H27F2N3O2. The van der Waals surface area contributed by atoms with E-state index in [2.05, 4.69) is 24.0 Å². The molecule has 0 fully saturated rings. The van der Waals surface area contributed by atoms with Crippen molar-refractivity contribution in [2.24, 2.45) is 0 Å². The fourth-order valence-corrected chi connectivity index (χ4v) is 4.02. The predicted octanol–water partition coefficient (Wildman–Crippen LogP) is 5.06. The summed E-state index contributed by atoms with van der Waals surface area (Å²) >= 11 is 0. The summed E-state index contributed by atoms with van der Waals surface area (Å²) in [7, 11) is 0. The molecule has 1 heterocycles. The Kier molecular flexibility index (Phi) is 6.15. The molecule has 1 aliphatic carbocycles. The molecule has 5 nitrogen and oxygen atoms in total. The lowest BCUT2D eigenvalue weighted by molar-refractivity contribution is 0.0971. The molecule has 0 bridgehead atoms. The Morgan fingerprint density at radius 1 is 1.28 bits per heavy atom. The summed E-state index contributed by atoms with van der Waals surface area (Å²) in [5.74, 6) is -1.14. The first-order valence-electron chi connectivity index (χ1n) is 10.0. The van der Waals surface area contributed by atoms with Crippen molar-refractivity contribution in [2.75, 3.05) is 19.7 Å². The molecule has 2 aromatic rings. The van der Waals surface area contributed by atoms with Crippen LogP contribution < -0.4 is 0 Å². The van der Waals surface area contributed by atoms with Gasteiger partial charge in [0.05, 0.1) is 23.6 Å². The van der Waals surface area contributed by atoms with E-state index < -0.39 is 17.0 Å². The van der Waals surface area contributed by atoms with Gasteiger partial charge in [-0.3, -0.25) is 0 Å². The first-order valence-corrected chi connectivity index (χ1v) is 10.0. The van der Waals surface area contributed by atoms with Crippen LogP contribution >= 0.6 is 0 Å². The largest absolute Gasteiger partial charge is 0.450 e. The fraction of sp³-hybridized carbons (Fsp3) is 0.500. The monoisotopic (exact) mass is 403 g/mol. The number of carbonyl (C=O) groups is 1. The predicted molar refractivity (Wildman–Crippen MR) is 107 cm³/mol. The molecule has 156 valence electrons. The number of likely N-dealkylation sites (N-methyl/N-ethyl adjacent to an activating group) is 1. The van der Waals surface area contributed by atoms with Crippen molar-refractivity contribution in [3.8, 4) is 11.3 Å². The number of aromatic nitrogens is 2. The first-order chi connectivity index (χ1) is 13.8. The molecule has 1 amide bonds. The number of hydrogen-bond acceptors (Lipinski definition) is 4. The third kappa shape index (κ3) is 4.09. The summed E-state index contributed by atoms with van der Waals surface area (Å²) in [6, 6.07) is 5.50. The number of fused-ring (bicyclic) bond motifs is 1. The minimum Gasteiger partial charge on any atom is -0.450 e. The molecule has 0 saturated carbocycles. The van der Waals surface area contributed by atoms with Crippen molar-refractivity contribution in [2.45, 2.75) is 51.9 Å². The van der Waals surface area contributed by atoms with E-state index in [4.69, 9.17) is 4.74 Å². The highest BCUT2D eigenvalue weighted by molar-refractivity contribution is 5.68. The van der Waals surface area contributed by atoms with Crippen molar-refractivity contribution < 1.29 is 18.3 Å². The quantitative estimate of drug-likeness (QED) is 0.701. The van der Waals surface area contributed by atoms with Crippen LogP contribution in [-0.4, -0.2) is 40.9 Å². The molecule has 7 heteroatoms. The summed E-state index contributed by atoms with van der Waals surface area (Å²) in [6.45, 7) is 9.09. The molecule has 0 spiro atoms. The maximum absolute atomic E-state index is 14.2. The van der Waals surface area contributed by atoms with E-state index in [0.29, 0.717) is 19.7 Å². The van der Waals surface area contributed by atoms with E-state index in [1.165, 1.54) is 18.2 Å². The molecule has 0 radical (unpaired) electrons. The highest BCUT2D eigenvalue weighted by Gasteiger charge is 2.39. The zero-order valence-electron chi connectivity index (χ0n) is 17.3. The fourth-order valence-electron chi connectivity index (χ4n) is 4.02. The Labute approximate surface area is 170 Å². The molecule has 0 aliphatic heterocycles. The van der Waals surface area contributed by atoms with Crippen LogP contribution in [0.1, 0.15) is 57.7 Å². The van der Waals surface area contributed by atoms with Crippen molar-refractivity contribution in [1.29, 1.82) is 0 Å². The Bertz CT molecular complexity index is 885. The van der Waals surface area contributed by atoms with Crippen molar-refractivity contribution in [1.82, 2.24) is 15.1 Å². The SMILES string of the molecule is CCOC(=O)N(CC)C[C@@]1(C)CC[C@H](C)c2cc(-c3c(F)cccc3F)nnc21. The Morgan fingerprint density at radius 3 is 2.59 bits per heavy atom. The third-order valence-corrected chi connectivity index (χ3v) is 5.72. The van der Waals surface area contributed by atoms with E-state index in [-0.39, 0.29) is 23.3 Å². The van der Waals surface area contributed by atoms with Gasteiger partial charge in [-0.1, -0.05) is 19.9 Å². The summed E-state index contributed by atoms with van der Waals surface area (Å²) in [5, 5.41) is 8.58. The normalized spacial score (nSPS) is 20.8. The molecule has 1 aromatic carbocycles. The highest BCUT2D eigenvalue weighted by atomic mass is 19.1. The topological polar surface area (TPSA) is 55.3 Å². The number of rotatable bonds is 5. The average Bonchev–Trinajstić information content (AvgIpc) is 2.69. The Balaban J connectivity index is 2.01. The van der Waals surface area contributed by atoms with Gasteiger partial charge in [-0.15, -0.1) is 0 Å². The molecule has 0 unspecified atom stereocenters. The van der Waals surface area contributed by atoms with Crippen molar-refractivity contribution >= 4 is 6.09 Å². The number of hydrogen-bond donors (Lipinski definition) is 0. The van der Waals surface area contributed by atoms with Gasteiger partial charge in [-0.05, 0) is 56.4 Å². The van der Waals surface area contributed by atoms with Crippen LogP contribution in [0.4, 0.5) is 13.6 Å². The van der Waals surface area contributed by atoms with Gasteiger partial charge in [-0.2, -0.15) is 10.2 Å². The zero-order valence-corrected chi connectivity index (χ0v) is 17.3. The lowest BCUT2D eigenvalue weighted by Crippen LogP contribution is -2.45. The van der Waals surface area contributed by atoms with E-state index >= 15 is 0 Å². The number of benzene rings is 1. The third-order valence-electron chi connectivity index (χ3n) is 5.72. The van der Waals surface area contributed by atoms with Crippen LogP contribution in [0, 0.1) is 11.6 Å². The van der Waals surface area contributed by atoms with Gasteiger partial charge >= 0.3 is 6.09 Å². The van der Waals surface area contributed by atoms with Crippen LogP contribution in [0.25, 0.3) is 11.3 Å². The van der Waals surface area contributed by atoms with E-state index in [1.54, 1.807) is 17.9 Å². The lowest BCUT2D eigenvalue weighted by atomic mass is 9.70. The number of ether oxygens (including phenoxy) is 1. The van der Waals surface area contributed by atoms with Gasteiger partial charge in [0.1, 0.15) is 11.6 Å².